The van der Waals surface area contributed by atoms with Crippen molar-refractivity contribution in [3.8, 4) is 11.4 Å². The quantitative estimate of drug-likeness (QED) is 0.616. The molecule has 1 aromatic heterocycles. The van der Waals surface area contributed by atoms with Crippen molar-refractivity contribution >= 4 is 40.3 Å². The molecule has 0 amide bonds. The second kappa shape index (κ2) is 5.72. The lowest BCUT2D eigenvalue weighted by Crippen LogP contribution is -2.03. The number of halogens is 1. The second-order valence-electron chi connectivity index (χ2n) is 4.57. The van der Waals surface area contributed by atoms with Gasteiger partial charge < -0.3 is 5.11 Å². The Balaban J connectivity index is 1.99. The van der Waals surface area contributed by atoms with E-state index in [0.29, 0.717) is 11.2 Å². The number of carboxylic acid groups (broad SMARTS) is 1. The summed E-state index contributed by atoms with van der Waals surface area (Å²) in [4.78, 5) is 10.7. The van der Waals surface area contributed by atoms with E-state index in [1.54, 1.807) is 0 Å². The first kappa shape index (κ1) is 13.9. The van der Waals surface area contributed by atoms with Crippen molar-refractivity contribution in [3.63, 3.8) is 0 Å². The molecule has 7 heteroatoms. The molecular formula is C13H12IN3O2S. The van der Waals surface area contributed by atoms with Crippen LogP contribution in [0.15, 0.2) is 29.4 Å². The van der Waals surface area contributed by atoms with Gasteiger partial charge in [-0.05, 0) is 41.5 Å². The van der Waals surface area contributed by atoms with E-state index < -0.39 is 5.97 Å². The summed E-state index contributed by atoms with van der Waals surface area (Å²) in [6.07, 6.45) is 2.21. The maximum Gasteiger partial charge on any atom is 0.313 e. The van der Waals surface area contributed by atoms with Gasteiger partial charge in [0.25, 0.3) is 0 Å². The molecule has 0 spiro atoms. The van der Waals surface area contributed by atoms with Crippen molar-refractivity contribution in [1.29, 1.82) is 0 Å². The summed E-state index contributed by atoms with van der Waals surface area (Å²) in [7, 11) is 0. The highest BCUT2D eigenvalue weighted by molar-refractivity contribution is 14.1. The van der Waals surface area contributed by atoms with E-state index in [9.17, 15) is 4.79 Å². The minimum atomic E-state index is -0.837. The maximum absolute atomic E-state index is 10.7. The fourth-order valence-electron chi connectivity index (χ4n) is 1.99. The molecule has 3 rings (SSSR count). The van der Waals surface area contributed by atoms with E-state index in [1.807, 2.05) is 24.3 Å². The third kappa shape index (κ3) is 2.83. The van der Waals surface area contributed by atoms with Crippen LogP contribution in [0, 0.1) is 3.57 Å². The van der Waals surface area contributed by atoms with Crippen LogP contribution < -0.4 is 0 Å². The molecular weight excluding hydrogens is 389 g/mol. The van der Waals surface area contributed by atoms with Crippen LogP contribution in [0.2, 0.25) is 0 Å². The van der Waals surface area contributed by atoms with Gasteiger partial charge in [0.1, 0.15) is 0 Å². The highest BCUT2D eigenvalue weighted by Gasteiger charge is 2.30. The number of hydrogen-bond donors (Lipinski definition) is 1. The third-order valence-electron chi connectivity index (χ3n) is 3.02. The molecule has 1 fully saturated rings. The zero-order valence-corrected chi connectivity index (χ0v) is 13.5. The van der Waals surface area contributed by atoms with Crippen LogP contribution in [0.25, 0.3) is 11.4 Å². The Morgan fingerprint density at radius 1 is 1.40 bits per heavy atom. The minimum Gasteiger partial charge on any atom is -0.481 e. The van der Waals surface area contributed by atoms with Gasteiger partial charge in [-0.1, -0.05) is 30.0 Å². The number of benzene rings is 1. The topological polar surface area (TPSA) is 68.0 Å². The van der Waals surface area contributed by atoms with E-state index in [4.69, 9.17) is 5.11 Å². The van der Waals surface area contributed by atoms with Gasteiger partial charge in [-0.15, -0.1) is 10.2 Å². The first-order valence-electron chi connectivity index (χ1n) is 6.21. The number of carboxylic acids is 1. The number of nitrogens with zero attached hydrogens (tertiary/aromatic N) is 3. The van der Waals surface area contributed by atoms with E-state index in [2.05, 4.69) is 37.4 Å². The zero-order chi connectivity index (χ0) is 14.1. The van der Waals surface area contributed by atoms with Gasteiger partial charge in [0, 0.05) is 15.2 Å². The van der Waals surface area contributed by atoms with Crippen LogP contribution in [0.4, 0.5) is 0 Å². The first-order chi connectivity index (χ1) is 9.66. The summed E-state index contributed by atoms with van der Waals surface area (Å²) < 4.78 is 3.21. The van der Waals surface area contributed by atoms with Crippen molar-refractivity contribution < 1.29 is 9.90 Å². The SMILES string of the molecule is O=C(O)CSc1nnc(-c2ccccc2I)n1C1CC1. The molecule has 104 valence electrons. The normalized spacial score (nSPS) is 14.4. The molecule has 0 aliphatic heterocycles. The molecule has 5 nitrogen and oxygen atoms in total. The molecule has 1 aliphatic carbocycles. The lowest BCUT2D eigenvalue weighted by Gasteiger charge is -2.09. The third-order valence-corrected chi connectivity index (χ3v) is 4.88. The van der Waals surface area contributed by atoms with Gasteiger partial charge in [0.15, 0.2) is 11.0 Å². The Hall–Kier alpha value is -1.09. The molecule has 2 aromatic rings. The number of thioether (sulfide) groups is 1. The van der Waals surface area contributed by atoms with Crippen LogP contribution >= 0.6 is 34.4 Å². The monoisotopic (exact) mass is 401 g/mol. The van der Waals surface area contributed by atoms with E-state index in [0.717, 1.165) is 27.8 Å². The molecule has 0 atom stereocenters. The molecule has 0 saturated heterocycles. The molecule has 1 aromatic carbocycles. The average Bonchev–Trinajstić information content (AvgIpc) is 3.17. The summed E-state index contributed by atoms with van der Waals surface area (Å²) in [5.74, 6) is 0.0121. The molecule has 0 unspecified atom stereocenters. The lowest BCUT2D eigenvalue weighted by molar-refractivity contribution is -0.133. The number of rotatable bonds is 5. The Bertz CT molecular complexity index is 655. The van der Waals surface area contributed by atoms with Crippen molar-refractivity contribution in [2.75, 3.05) is 5.75 Å². The average molecular weight is 401 g/mol. The fourth-order valence-corrected chi connectivity index (χ4v) is 3.34. The molecule has 1 saturated carbocycles. The summed E-state index contributed by atoms with van der Waals surface area (Å²) in [6.45, 7) is 0. The molecule has 0 bridgehead atoms. The van der Waals surface area contributed by atoms with E-state index in [1.165, 1.54) is 11.8 Å². The number of aliphatic carboxylic acids is 1. The van der Waals surface area contributed by atoms with Gasteiger partial charge in [0.05, 0.1) is 5.75 Å². The summed E-state index contributed by atoms with van der Waals surface area (Å²) in [5.41, 5.74) is 1.05. The summed E-state index contributed by atoms with van der Waals surface area (Å²) in [6, 6.07) is 8.44. The van der Waals surface area contributed by atoms with E-state index >= 15 is 0 Å². The maximum atomic E-state index is 10.7. The van der Waals surface area contributed by atoms with Gasteiger partial charge in [-0.25, -0.2) is 0 Å². The Labute approximate surface area is 133 Å². The first-order valence-corrected chi connectivity index (χ1v) is 8.27. The molecule has 1 N–H and O–H groups in total. The highest BCUT2D eigenvalue weighted by Crippen LogP contribution is 2.41. The van der Waals surface area contributed by atoms with Crippen molar-refractivity contribution in [2.45, 2.75) is 24.0 Å². The van der Waals surface area contributed by atoms with Crippen LogP contribution in [0.5, 0.6) is 0 Å². The predicted octanol–water partition coefficient (Wildman–Crippen LogP) is 3.06. The van der Waals surface area contributed by atoms with Crippen molar-refractivity contribution in [1.82, 2.24) is 14.8 Å². The fraction of sp³-hybridized carbons (Fsp3) is 0.308. The van der Waals surface area contributed by atoms with Gasteiger partial charge in [-0.3, -0.25) is 9.36 Å². The molecule has 20 heavy (non-hydrogen) atoms. The summed E-state index contributed by atoms with van der Waals surface area (Å²) in [5, 5.41) is 18.0. The van der Waals surface area contributed by atoms with Crippen molar-refractivity contribution in [2.24, 2.45) is 0 Å². The van der Waals surface area contributed by atoms with Crippen LogP contribution in [0.1, 0.15) is 18.9 Å². The molecule has 1 heterocycles. The summed E-state index contributed by atoms with van der Waals surface area (Å²) >= 11 is 3.52. The van der Waals surface area contributed by atoms with Crippen molar-refractivity contribution in [3.05, 3.63) is 27.8 Å². The van der Waals surface area contributed by atoms with Gasteiger partial charge >= 0.3 is 5.97 Å². The van der Waals surface area contributed by atoms with Crippen LogP contribution in [-0.2, 0) is 4.79 Å². The minimum absolute atomic E-state index is 0.0106. The second-order valence-corrected chi connectivity index (χ2v) is 6.67. The molecule has 1 aliphatic rings. The number of hydrogen-bond acceptors (Lipinski definition) is 4. The zero-order valence-electron chi connectivity index (χ0n) is 10.5. The predicted molar refractivity (Wildman–Crippen MR) is 84.8 cm³/mol. The van der Waals surface area contributed by atoms with Gasteiger partial charge in [0.2, 0.25) is 0 Å². The van der Waals surface area contributed by atoms with Crippen LogP contribution in [0.3, 0.4) is 0 Å². The Morgan fingerprint density at radius 3 is 2.80 bits per heavy atom. The molecule has 0 radical (unpaired) electrons. The largest absolute Gasteiger partial charge is 0.481 e. The van der Waals surface area contributed by atoms with Crippen LogP contribution in [-0.4, -0.2) is 31.6 Å². The Kier molecular flexibility index (Phi) is 3.97. The smallest absolute Gasteiger partial charge is 0.313 e. The van der Waals surface area contributed by atoms with Gasteiger partial charge in [-0.2, -0.15) is 0 Å². The number of aromatic nitrogens is 3. The Morgan fingerprint density at radius 2 is 2.15 bits per heavy atom. The standard InChI is InChI=1S/C13H12IN3O2S/c14-10-4-2-1-3-9(10)12-15-16-13(20-7-11(18)19)17(12)8-5-6-8/h1-4,8H,5-7H2,(H,18,19). The lowest BCUT2D eigenvalue weighted by atomic mass is 10.2. The number of carbonyl (C=O) groups is 1. The highest BCUT2D eigenvalue weighted by atomic mass is 127. The van der Waals surface area contributed by atoms with E-state index in [-0.39, 0.29) is 5.75 Å².